The van der Waals surface area contributed by atoms with Gasteiger partial charge in [-0.05, 0) is 38.1 Å². The summed E-state index contributed by atoms with van der Waals surface area (Å²) in [7, 11) is 4.94. The van der Waals surface area contributed by atoms with Crippen LogP contribution in [0.2, 0.25) is 0 Å². The van der Waals surface area contributed by atoms with Gasteiger partial charge in [-0.3, -0.25) is 9.59 Å². The smallest absolute Gasteiger partial charge is 0.256 e. The number of hydrogen-bond acceptors (Lipinski definition) is 5. The third kappa shape index (κ3) is 4.68. The minimum Gasteiger partial charge on any atom is -0.493 e. The lowest BCUT2D eigenvalue weighted by Gasteiger charge is -2.33. The summed E-state index contributed by atoms with van der Waals surface area (Å²) in [6, 6.07) is 12.4. The predicted molar refractivity (Wildman–Crippen MR) is 112 cm³/mol. The molecule has 0 bridgehead atoms. The summed E-state index contributed by atoms with van der Waals surface area (Å²) < 4.78 is 10.7. The zero-order chi connectivity index (χ0) is 20.8. The normalized spacial score (nSPS) is 16.2. The number of amides is 2. The summed E-state index contributed by atoms with van der Waals surface area (Å²) in [6.45, 7) is 1.30. The first-order valence-corrected chi connectivity index (χ1v) is 9.66. The third-order valence-corrected chi connectivity index (χ3v) is 5.16. The van der Waals surface area contributed by atoms with Crippen LogP contribution < -0.4 is 20.1 Å². The fourth-order valence-electron chi connectivity index (χ4n) is 3.51. The minimum atomic E-state index is -0.293. The predicted octanol–water partition coefficient (Wildman–Crippen LogP) is 2.78. The second-order valence-electron chi connectivity index (χ2n) is 6.95. The van der Waals surface area contributed by atoms with E-state index in [9.17, 15) is 9.59 Å². The van der Waals surface area contributed by atoms with E-state index in [1.165, 1.54) is 14.2 Å². The molecule has 2 aromatic carbocycles. The largest absolute Gasteiger partial charge is 0.493 e. The zero-order valence-electron chi connectivity index (χ0n) is 17.0. The van der Waals surface area contributed by atoms with E-state index in [-0.39, 0.29) is 17.9 Å². The second-order valence-corrected chi connectivity index (χ2v) is 6.95. The Hall–Kier alpha value is -3.06. The highest BCUT2D eigenvalue weighted by atomic mass is 16.5. The van der Waals surface area contributed by atoms with Crippen LogP contribution in [0.3, 0.4) is 0 Å². The zero-order valence-corrected chi connectivity index (χ0v) is 17.0. The Labute approximate surface area is 171 Å². The molecule has 0 spiro atoms. The molecule has 0 radical (unpaired) electrons. The average molecular weight is 397 g/mol. The van der Waals surface area contributed by atoms with Crippen LogP contribution in [0.25, 0.3) is 0 Å². The number of ether oxygens (including phenoxy) is 2. The second kappa shape index (κ2) is 9.43. The van der Waals surface area contributed by atoms with Gasteiger partial charge in [-0.2, -0.15) is 0 Å². The maximum Gasteiger partial charge on any atom is 0.256 e. The lowest BCUT2D eigenvalue weighted by molar-refractivity contribution is 0.0699. The highest BCUT2D eigenvalue weighted by Crippen LogP contribution is 2.34. The number of carbonyl (C=O) groups excluding carboxylic acids is 2. The summed E-state index contributed by atoms with van der Waals surface area (Å²) in [6.07, 6.45) is 1.96. The third-order valence-electron chi connectivity index (χ3n) is 5.16. The Bertz CT molecular complexity index is 870. The molecule has 0 aliphatic carbocycles. The van der Waals surface area contributed by atoms with Gasteiger partial charge in [0, 0.05) is 30.8 Å². The molecule has 7 nitrogen and oxygen atoms in total. The molecule has 1 heterocycles. The van der Waals surface area contributed by atoms with Crippen molar-refractivity contribution < 1.29 is 19.1 Å². The molecule has 7 heteroatoms. The van der Waals surface area contributed by atoms with Crippen LogP contribution in [0.5, 0.6) is 11.5 Å². The number of likely N-dealkylation sites (N-methyl/N-ethyl adjacent to an activating group) is 1. The number of likely N-dealkylation sites (tertiary alicyclic amines) is 1. The molecule has 29 heavy (non-hydrogen) atoms. The van der Waals surface area contributed by atoms with E-state index in [0.717, 1.165) is 12.8 Å². The van der Waals surface area contributed by atoms with Gasteiger partial charge in [-0.1, -0.05) is 18.2 Å². The monoisotopic (exact) mass is 397 g/mol. The summed E-state index contributed by atoms with van der Waals surface area (Å²) in [5.41, 5.74) is 1.28. The molecule has 1 saturated heterocycles. The van der Waals surface area contributed by atoms with Crippen molar-refractivity contribution >= 4 is 17.5 Å². The molecule has 1 atom stereocenters. The number of methoxy groups -OCH3 is 2. The fraction of sp³-hybridized carbons (Fsp3) is 0.364. The van der Waals surface area contributed by atoms with E-state index in [0.29, 0.717) is 41.4 Å². The molecule has 1 aliphatic heterocycles. The maximum absolute atomic E-state index is 13.3. The van der Waals surface area contributed by atoms with Crippen LogP contribution in [0, 0.1) is 0 Å². The molecular weight excluding hydrogens is 370 g/mol. The van der Waals surface area contributed by atoms with Crippen molar-refractivity contribution in [1.82, 2.24) is 10.2 Å². The van der Waals surface area contributed by atoms with Crippen molar-refractivity contribution in [3.8, 4) is 11.5 Å². The van der Waals surface area contributed by atoms with Crippen molar-refractivity contribution in [2.24, 2.45) is 0 Å². The number of piperidine rings is 1. The number of carbonyl (C=O) groups is 2. The van der Waals surface area contributed by atoms with Gasteiger partial charge in [0.1, 0.15) is 0 Å². The van der Waals surface area contributed by atoms with Gasteiger partial charge in [0.15, 0.2) is 11.5 Å². The van der Waals surface area contributed by atoms with Crippen molar-refractivity contribution in [3.05, 3.63) is 53.6 Å². The number of hydrogen-bond donors (Lipinski definition) is 2. The number of benzene rings is 2. The summed E-state index contributed by atoms with van der Waals surface area (Å²) in [5, 5.41) is 6.10. The van der Waals surface area contributed by atoms with Gasteiger partial charge in [-0.25, -0.2) is 0 Å². The Balaban J connectivity index is 1.95. The molecule has 3 rings (SSSR count). The van der Waals surface area contributed by atoms with Crippen LogP contribution >= 0.6 is 0 Å². The summed E-state index contributed by atoms with van der Waals surface area (Å²) >= 11 is 0. The van der Waals surface area contributed by atoms with Crippen LogP contribution in [-0.4, -0.2) is 57.1 Å². The fourth-order valence-corrected chi connectivity index (χ4v) is 3.51. The van der Waals surface area contributed by atoms with Gasteiger partial charge in [0.2, 0.25) is 0 Å². The Morgan fingerprint density at radius 1 is 1.07 bits per heavy atom. The van der Waals surface area contributed by atoms with Gasteiger partial charge in [0.25, 0.3) is 11.8 Å². The van der Waals surface area contributed by atoms with Gasteiger partial charge < -0.3 is 25.0 Å². The van der Waals surface area contributed by atoms with E-state index in [2.05, 4.69) is 10.6 Å². The van der Waals surface area contributed by atoms with Crippen LogP contribution in [-0.2, 0) is 0 Å². The lowest BCUT2D eigenvalue weighted by atomic mass is 10.0. The molecular formula is C22H27N3O4. The molecule has 2 amide bonds. The van der Waals surface area contributed by atoms with Gasteiger partial charge in [-0.15, -0.1) is 0 Å². The molecule has 0 aromatic heterocycles. The molecule has 2 aromatic rings. The van der Waals surface area contributed by atoms with Crippen LogP contribution in [0.4, 0.5) is 5.69 Å². The summed E-state index contributed by atoms with van der Waals surface area (Å²) in [4.78, 5) is 27.8. The van der Waals surface area contributed by atoms with E-state index in [1.54, 1.807) is 36.4 Å². The molecule has 2 N–H and O–H groups in total. The highest BCUT2D eigenvalue weighted by Gasteiger charge is 2.27. The Morgan fingerprint density at radius 3 is 2.41 bits per heavy atom. The van der Waals surface area contributed by atoms with E-state index >= 15 is 0 Å². The molecule has 1 unspecified atom stereocenters. The quantitative estimate of drug-likeness (QED) is 0.784. The molecule has 1 fully saturated rings. The first kappa shape index (κ1) is 20.7. The van der Waals surface area contributed by atoms with E-state index in [4.69, 9.17) is 9.47 Å². The SMILES string of the molecule is CNC1CCCN(C(=O)c2cc(OC)c(OC)cc2NC(=O)c2ccccc2)C1. The Kier molecular flexibility index (Phi) is 6.72. The van der Waals surface area contributed by atoms with Crippen molar-refractivity contribution in [3.63, 3.8) is 0 Å². The number of rotatable bonds is 6. The lowest BCUT2D eigenvalue weighted by Crippen LogP contribution is -2.47. The van der Waals surface area contributed by atoms with E-state index in [1.807, 2.05) is 18.0 Å². The molecule has 154 valence electrons. The maximum atomic E-state index is 13.3. The molecule has 0 saturated carbocycles. The minimum absolute atomic E-state index is 0.144. The number of nitrogens with zero attached hydrogens (tertiary/aromatic N) is 1. The first-order valence-electron chi connectivity index (χ1n) is 9.66. The van der Waals surface area contributed by atoms with Crippen molar-refractivity contribution in [2.75, 3.05) is 39.7 Å². The van der Waals surface area contributed by atoms with E-state index < -0.39 is 0 Å². The summed E-state index contributed by atoms with van der Waals surface area (Å²) in [5.74, 6) is 0.447. The number of nitrogens with one attached hydrogen (secondary N) is 2. The first-order chi connectivity index (χ1) is 14.1. The van der Waals surface area contributed by atoms with Crippen molar-refractivity contribution in [2.45, 2.75) is 18.9 Å². The van der Waals surface area contributed by atoms with Gasteiger partial charge >= 0.3 is 0 Å². The standard InChI is InChI=1S/C22H27N3O4/c1-23-16-10-7-11-25(14-16)22(27)17-12-19(28-2)20(29-3)13-18(17)24-21(26)15-8-5-4-6-9-15/h4-6,8-9,12-13,16,23H,7,10-11,14H2,1-3H3,(H,24,26). The topological polar surface area (TPSA) is 79.9 Å². The Morgan fingerprint density at radius 2 is 1.76 bits per heavy atom. The van der Waals surface area contributed by atoms with Gasteiger partial charge in [0.05, 0.1) is 25.5 Å². The van der Waals surface area contributed by atoms with Crippen LogP contribution in [0.15, 0.2) is 42.5 Å². The average Bonchev–Trinajstić information content (AvgIpc) is 2.78. The number of anilines is 1. The molecule has 1 aliphatic rings. The highest BCUT2D eigenvalue weighted by molar-refractivity contribution is 6.09. The van der Waals surface area contributed by atoms with Crippen LogP contribution in [0.1, 0.15) is 33.6 Å². The van der Waals surface area contributed by atoms with Crippen molar-refractivity contribution in [1.29, 1.82) is 0 Å².